The molecule has 1 aliphatic heterocycles. The molecular formula is C59H55FN4O10. The molecule has 1 aliphatic rings. The summed E-state index contributed by atoms with van der Waals surface area (Å²) >= 11 is 0. The molecule has 1 aromatic heterocycles. The van der Waals surface area contributed by atoms with Gasteiger partial charge in [0.15, 0.2) is 5.60 Å². The van der Waals surface area contributed by atoms with Gasteiger partial charge in [-0.2, -0.15) is 0 Å². The van der Waals surface area contributed by atoms with Crippen molar-refractivity contribution in [2.45, 2.75) is 75.5 Å². The van der Waals surface area contributed by atoms with Crippen LogP contribution in [0.25, 0.3) is 0 Å². The van der Waals surface area contributed by atoms with Crippen molar-refractivity contribution < 1.29 is 53.1 Å². The summed E-state index contributed by atoms with van der Waals surface area (Å²) in [6.07, 6.45) is -2.12. The number of β-lactam (4-membered cyclic amide) rings is 1. The lowest BCUT2D eigenvalue weighted by Crippen LogP contribution is -2.56. The van der Waals surface area contributed by atoms with Gasteiger partial charge in [-0.25, -0.2) is 14.1 Å². The maximum atomic E-state index is 14.3. The van der Waals surface area contributed by atoms with Crippen molar-refractivity contribution >= 4 is 29.5 Å². The predicted octanol–water partition coefficient (Wildman–Crippen LogP) is 7.57. The van der Waals surface area contributed by atoms with Crippen molar-refractivity contribution in [1.82, 2.24) is 14.8 Å². The molecule has 2 heterocycles. The number of esters is 3. The van der Waals surface area contributed by atoms with Gasteiger partial charge in [-0.05, 0) is 88.5 Å². The minimum absolute atomic E-state index is 0.158. The second-order valence-electron chi connectivity index (χ2n) is 18.2. The third-order valence-corrected chi connectivity index (χ3v) is 13.1. The number of anilines is 1. The molecule has 8 rings (SSSR count). The SMILES string of the molecule is CC(=O)OCC(O)(COC(C)=O)C(O)C(O)Cc1ccc([C@@H]2[C@@H](CCC(OC(C)=O)c3ccc(F)cc3)C(=O)N2c2ccc(C#Cc3ncn(C(c4ccccc4)(c4ccccc4)c4ccccc4)n3)cc2)cc1. The quantitative estimate of drug-likeness (QED) is 0.0237. The maximum absolute atomic E-state index is 14.3. The molecule has 378 valence electrons. The summed E-state index contributed by atoms with van der Waals surface area (Å²) in [6.45, 7) is 2.03. The van der Waals surface area contributed by atoms with Gasteiger partial charge in [0, 0.05) is 38.4 Å². The Morgan fingerprint density at radius 2 is 1.24 bits per heavy atom. The van der Waals surface area contributed by atoms with E-state index >= 15 is 0 Å². The Morgan fingerprint density at radius 1 is 0.703 bits per heavy atom. The van der Waals surface area contributed by atoms with Gasteiger partial charge in [0.05, 0.1) is 18.1 Å². The van der Waals surface area contributed by atoms with E-state index in [1.54, 1.807) is 47.6 Å². The summed E-state index contributed by atoms with van der Waals surface area (Å²) in [7, 11) is 0. The van der Waals surface area contributed by atoms with Crippen LogP contribution in [0.5, 0.6) is 0 Å². The van der Waals surface area contributed by atoms with Crippen LogP contribution in [-0.2, 0) is 45.3 Å². The van der Waals surface area contributed by atoms with E-state index in [2.05, 4.69) is 53.2 Å². The molecule has 14 nitrogen and oxygen atoms in total. The van der Waals surface area contributed by atoms with E-state index < -0.39 is 78.4 Å². The molecule has 1 fully saturated rings. The molecule has 0 bridgehead atoms. The maximum Gasteiger partial charge on any atom is 0.303 e. The monoisotopic (exact) mass is 998 g/mol. The van der Waals surface area contributed by atoms with Crippen molar-refractivity contribution in [1.29, 1.82) is 0 Å². The fourth-order valence-corrected chi connectivity index (χ4v) is 9.48. The largest absolute Gasteiger partial charge is 0.463 e. The summed E-state index contributed by atoms with van der Waals surface area (Å²) < 4.78 is 31.2. The third kappa shape index (κ3) is 11.6. The molecule has 3 unspecified atom stereocenters. The summed E-state index contributed by atoms with van der Waals surface area (Å²) in [5, 5.41) is 38.3. The number of benzene rings is 6. The van der Waals surface area contributed by atoms with E-state index in [1.807, 2.05) is 83.5 Å². The second kappa shape index (κ2) is 23.1. The van der Waals surface area contributed by atoms with E-state index in [4.69, 9.17) is 19.3 Å². The van der Waals surface area contributed by atoms with Gasteiger partial charge < -0.3 is 34.4 Å². The number of hydrogen-bond donors (Lipinski definition) is 3. The Labute approximate surface area is 428 Å². The molecule has 0 spiro atoms. The normalized spacial score (nSPS) is 15.7. The summed E-state index contributed by atoms with van der Waals surface area (Å²) in [5.41, 5.74) is 2.91. The number of aromatic nitrogens is 3. The number of amides is 1. The molecule has 0 saturated carbocycles. The van der Waals surface area contributed by atoms with Gasteiger partial charge in [-0.1, -0.05) is 133 Å². The lowest BCUT2D eigenvalue weighted by molar-refractivity contribution is -0.190. The first-order valence-corrected chi connectivity index (χ1v) is 24.1. The van der Waals surface area contributed by atoms with Gasteiger partial charge in [0.1, 0.15) is 43.1 Å². The van der Waals surface area contributed by atoms with Crippen LogP contribution in [-0.4, -0.2) is 84.9 Å². The topological polar surface area (TPSA) is 191 Å². The molecule has 7 aromatic rings. The van der Waals surface area contributed by atoms with Crippen molar-refractivity contribution in [3.05, 3.63) is 221 Å². The highest BCUT2D eigenvalue weighted by Crippen LogP contribution is 2.47. The molecule has 1 saturated heterocycles. The molecule has 5 atom stereocenters. The van der Waals surface area contributed by atoms with Crippen molar-refractivity contribution in [3.63, 3.8) is 0 Å². The zero-order valence-corrected chi connectivity index (χ0v) is 41.0. The van der Waals surface area contributed by atoms with Crippen LogP contribution in [0.2, 0.25) is 0 Å². The Morgan fingerprint density at radius 3 is 1.76 bits per heavy atom. The van der Waals surface area contributed by atoms with Crippen LogP contribution in [0.3, 0.4) is 0 Å². The number of aliphatic hydroxyl groups excluding tert-OH is 2. The number of rotatable bonds is 19. The number of hydrogen-bond acceptors (Lipinski definition) is 12. The summed E-state index contributed by atoms with van der Waals surface area (Å²) in [5.74, 6) is 3.41. The molecule has 6 aromatic carbocycles. The van der Waals surface area contributed by atoms with Crippen LogP contribution in [0.15, 0.2) is 170 Å². The highest BCUT2D eigenvalue weighted by molar-refractivity contribution is 6.03. The molecule has 3 N–H and O–H groups in total. The smallest absolute Gasteiger partial charge is 0.303 e. The van der Waals surface area contributed by atoms with Crippen LogP contribution < -0.4 is 4.90 Å². The molecule has 1 amide bonds. The second-order valence-corrected chi connectivity index (χ2v) is 18.2. The highest BCUT2D eigenvalue weighted by atomic mass is 19.1. The zero-order valence-electron chi connectivity index (χ0n) is 41.0. The molecular weight excluding hydrogens is 944 g/mol. The number of nitrogens with zero attached hydrogens (tertiary/aromatic N) is 4. The fraction of sp³-hybridized carbons (Fsp3) is 0.254. The van der Waals surface area contributed by atoms with Gasteiger partial charge in [-0.3, -0.25) is 19.2 Å². The number of halogens is 1. The minimum atomic E-state index is -2.31. The first kappa shape index (κ1) is 52.0. The van der Waals surface area contributed by atoms with Crippen molar-refractivity contribution in [3.8, 4) is 11.8 Å². The summed E-state index contributed by atoms with van der Waals surface area (Å²) in [4.78, 5) is 55.9. The summed E-state index contributed by atoms with van der Waals surface area (Å²) in [6, 6.07) is 49.8. The minimum Gasteiger partial charge on any atom is -0.463 e. The molecule has 15 heteroatoms. The zero-order chi connectivity index (χ0) is 52.4. The first-order chi connectivity index (χ1) is 35.7. The lowest BCUT2D eigenvalue weighted by atomic mass is 9.77. The fourth-order valence-electron chi connectivity index (χ4n) is 9.48. The van der Waals surface area contributed by atoms with Gasteiger partial charge in [0.25, 0.3) is 0 Å². The Hall–Kier alpha value is -8.29. The van der Waals surface area contributed by atoms with Gasteiger partial charge in [-0.15, -0.1) is 5.10 Å². The number of ether oxygens (including phenoxy) is 3. The average molecular weight is 999 g/mol. The van der Waals surface area contributed by atoms with Gasteiger partial charge in [0.2, 0.25) is 11.7 Å². The van der Waals surface area contributed by atoms with E-state index in [0.717, 1.165) is 36.1 Å². The number of carbonyl (C=O) groups excluding carboxylic acids is 4. The van der Waals surface area contributed by atoms with Crippen LogP contribution >= 0.6 is 0 Å². The first-order valence-electron chi connectivity index (χ1n) is 24.1. The van der Waals surface area contributed by atoms with Crippen molar-refractivity contribution in [2.24, 2.45) is 5.92 Å². The van der Waals surface area contributed by atoms with Crippen LogP contribution in [0.1, 0.15) is 90.5 Å². The van der Waals surface area contributed by atoms with E-state index in [9.17, 15) is 38.9 Å². The standard InChI is InChI=1S/C59H55FN4O10/c1-39(65)72-36-58(71,37-73-40(2)66)56(69)52(68)35-43-19-24-45(25-20-43)55-51(32-33-53(74-41(3)67)44-26-28-49(60)29-27-44)57(70)64(55)50-30-21-42(22-31-50)23-34-54-61-38-63(62-54)59(46-13-7-4-8-14-46,47-15-9-5-10-16-47)48-17-11-6-12-18-48/h4-22,24-31,38,51-53,55-56,68-69,71H,32-33,35-37H2,1-3H3/t51-,52?,53?,55-,56?/m1/s1. The number of carbonyl (C=O) groups is 4. The van der Waals surface area contributed by atoms with E-state index in [0.29, 0.717) is 34.6 Å². The van der Waals surface area contributed by atoms with Crippen LogP contribution in [0, 0.1) is 23.6 Å². The lowest BCUT2D eigenvalue weighted by Gasteiger charge is -2.48. The predicted molar refractivity (Wildman–Crippen MR) is 271 cm³/mol. The molecule has 74 heavy (non-hydrogen) atoms. The van der Waals surface area contributed by atoms with Crippen LogP contribution in [0.4, 0.5) is 10.1 Å². The third-order valence-electron chi connectivity index (χ3n) is 13.1. The molecule has 0 aliphatic carbocycles. The highest BCUT2D eigenvalue weighted by Gasteiger charge is 2.49. The Balaban J connectivity index is 1.05. The Kier molecular flexibility index (Phi) is 16.2. The van der Waals surface area contributed by atoms with E-state index in [-0.39, 0.29) is 18.7 Å². The average Bonchev–Trinajstić information content (AvgIpc) is 3.89. The van der Waals surface area contributed by atoms with Crippen molar-refractivity contribution in [2.75, 3.05) is 18.1 Å². The van der Waals surface area contributed by atoms with Gasteiger partial charge >= 0.3 is 17.9 Å². The molecule has 0 radical (unpaired) electrons. The number of aliphatic hydroxyl groups is 3. The Bertz CT molecular complexity index is 2990. The van der Waals surface area contributed by atoms with E-state index in [1.165, 1.54) is 19.1 Å².